The first-order valence-corrected chi connectivity index (χ1v) is 8.41. The van der Waals surface area contributed by atoms with Gasteiger partial charge in [0, 0.05) is 10.2 Å². The average Bonchev–Trinajstić information content (AvgIpc) is 2.46. The molecule has 0 aromatic heterocycles. The lowest BCUT2D eigenvalue weighted by atomic mass is 9.86. The Kier molecular flexibility index (Phi) is 5.71. The van der Waals surface area contributed by atoms with E-state index in [-0.39, 0.29) is 17.9 Å². The molecule has 0 heterocycles. The number of amides is 1. The van der Waals surface area contributed by atoms with Gasteiger partial charge in [-0.15, -0.1) is 0 Å². The molecule has 1 amide bonds. The predicted molar refractivity (Wildman–Crippen MR) is 98.4 cm³/mol. The fourth-order valence-electron chi connectivity index (χ4n) is 2.17. The summed E-state index contributed by atoms with van der Waals surface area (Å²) in [6, 6.07) is 13.0. The lowest BCUT2D eigenvalue weighted by Gasteiger charge is -2.23. The summed E-state index contributed by atoms with van der Waals surface area (Å²) in [6.45, 7) is 6.22. The molecule has 0 saturated heterocycles. The van der Waals surface area contributed by atoms with Gasteiger partial charge in [0.15, 0.2) is 6.61 Å². The van der Waals surface area contributed by atoms with Crippen LogP contribution in [0.3, 0.4) is 0 Å². The van der Waals surface area contributed by atoms with Gasteiger partial charge in [-0.05, 0) is 35.2 Å². The van der Waals surface area contributed by atoms with E-state index in [9.17, 15) is 4.79 Å². The number of para-hydroxylation sites is 1. The lowest BCUT2D eigenvalue weighted by molar-refractivity contribution is -0.118. The van der Waals surface area contributed by atoms with Crippen LogP contribution in [0.25, 0.3) is 0 Å². The molecular formula is C18H19BrClNO2. The maximum atomic E-state index is 12.2. The molecule has 2 aromatic rings. The van der Waals surface area contributed by atoms with Crippen LogP contribution < -0.4 is 10.1 Å². The van der Waals surface area contributed by atoms with Crippen molar-refractivity contribution in [2.75, 3.05) is 11.9 Å². The van der Waals surface area contributed by atoms with Crippen LogP contribution >= 0.6 is 27.5 Å². The summed E-state index contributed by atoms with van der Waals surface area (Å²) in [5, 5.41) is 3.36. The van der Waals surface area contributed by atoms with E-state index in [4.69, 9.17) is 16.3 Å². The molecule has 0 fully saturated rings. The van der Waals surface area contributed by atoms with E-state index in [0.29, 0.717) is 10.8 Å². The molecule has 5 heteroatoms. The van der Waals surface area contributed by atoms with Crippen molar-refractivity contribution < 1.29 is 9.53 Å². The van der Waals surface area contributed by atoms with Gasteiger partial charge in [-0.25, -0.2) is 0 Å². The summed E-state index contributed by atoms with van der Waals surface area (Å²) in [7, 11) is 0. The molecular weight excluding hydrogens is 378 g/mol. The van der Waals surface area contributed by atoms with Gasteiger partial charge < -0.3 is 10.1 Å². The average molecular weight is 397 g/mol. The minimum atomic E-state index is -0.222. The van der Waals surface area contributed by atoms with Crippen molar-refractivity contribution in [3.8, 4) is 5.75 Å². The van der Waals surface area contributed by atoms with Crippen molar-refractivity contribution in [3.63, 3.8) is 0 Å². The number of carbonyl (C=O) groups excluding carboxylic acids is 1. The maximum Gasteiger partial charge on any atom is 0.262 e. The molecule has 122 valence electrons. The molecule has 0 aliphatic carbocycles. The Balaban J connectivity index is 2.03. The number of rotatable bonds is 4. The fourth-order valence-corrected chi connectivity index (χ4v) is 2.90. The van der Waals surface area contributed by atoms with Crippen molar-refractivity contribution in [3.05, 3.63) is 57.5 Å². The zero-order valence-electron chi connectivity index (χ0n) is 13.3. The second kappa shape index (κ2) is 7.37. The lowest BCUT2D eigenvalue weighted by Crippen LogP contribution is -2.23. The minimum absolute atomic E-state index is 0.0558. The number of hydrogen-bond donors (Lipinski definition) is 1. The van der Waals surface area contributed by atoms with Crippen LogP contribution in [0.1, 0.15) is 26.3 Å². The van der Waals surface area contributed by atoms with Crippen LogP contribution in [-0.2, 0) is 10.2 Å². The quantitative estimate of drug-likeness (QED) is 0.749. The summed E-state index contributed by atoms with van der Waals surface area (Å²) in [6.07, 6.45) is 0. The number of nitrogens with one attached hydrogen (secondary N) is 1. The van der Waals surface area contributed by atoms with E-state index >= 15 is 0 Å². The molecule has 0 unspecified atom stereocenters. The van der Waals surface area contributed by atoms with Gasteiger partial charge in [0.25, 0.3) is 5.91 Å². The maximum absolute atomic E-state index is 12.2. The fraction of sp³-hybridized carbons (Fsp3) is 0.278. The van der Waals surface area contributed by atoms with Gasteiger partial charge in [-0.3, -0.25) is 4.79 Å². The third-order valence-electron chi connectivity index (χ3n) is 3.26. The molecule has 2 aromatic carbocycles. The standard InChI is InChI=1S/C18H19BrClNO2/c1-18(2,3)13-6-4-5-7-15(13)21-17(22)11-23-16-9-8-12(19)10-14(16)20/h4-10H,11H2,1-3H3,(H,21,22). The molecule has 0 atom stereocenters. The second-order valence-electron chi connectivity index (χ2n) is 6.21. The van der Waals surface area contributed by atoms with Crippen LogP contribution in [0.4, 0.5) is 5.69 Å². The zero-order valence-corrected chi connectivity index (χ0v) is 15.7. The Bertz CT molecular complexity index is 710. The normalized spacial score (nSPS) is 11.2. The Labute approximate surface area is 150 Å². The molecule has 0 aliphatic rings. The highest BCUT2D eigenvalue weighted by atomic mass is 79.9. The number of hydrogen-bond acceptors (Lipinski definition) is 2. The monoisotopic (exact) mass is 395 g/mol. The number of ether oxygens (including phenoxy) is 1. The van der Waals surface area contributed by atoms with Crippen LogP contribution in [-0.4, -0.2) is 12.5 Å². The van der Waals surface area contributed by atoms with Gasteiger partial charge in [-0.2, -0.15) is 0 Å². The van der Waals surface area contributed by atoms with Crippen molar-refractivity contribution in [2.24, 2.45) is 0 Å². The van der Waals surface area contributed by atoms with E-state index in [0.717, 1.165) is 15.7 Å². The van der Waals surface area contributed by atoms with Crippen LogP contribution in [0, 0.1) is 0 Å². The van der Waals surface area contributed by atoms with Crippen molar-refractivity contribution in [1.29, 1.82) is 0 Å². The Morgan fingerprint density at radius 2 is 1.91 bits per heavy atom. The number of halogens is 2. The number of benzene rings is 2. The van der Waals surface area contributed by atoms with Gasteiger partial charge in [0.1, 0.15) is 5.75 Å². The first kappa shape index (κ1) is 17.8. The smallest absolute Gasteiger partial charge is 0.262 e. The number of carbonyl (C=O) groups is 1. The van der Waals surface area contributed by atoms with Crippen LogP contribution in [0.15, 0.2) is 46.9 Å². The van der Waals surface area contributed by atoms with E-state index in [2.05, 4.69) is 42.0 Å². The third kappa shape index (κ3) is 4.98. The molecule has 2 rings (SSSR count). The van der Waals surface area contributed by atoms with Crippen molar-refractivity contribution in [2.45, 2.75) is 26.2 Å². The summed E-state index contributed by atoms with van der Waals surface area (Å²) >= 11 is 9.40. The summed E-state index contributed by atoms with van der Waals surface area (Å²) in [4.78, 5) is 12.2. The Hall–Kier alpha value is -1.52. The molecule has 0 spiro atoms. The summed E-state index contributed by atoms with van der Waals surface area (Å²) in [5.41, 5.74) is 1.82. The first-order valence-electron chi connectivity index (χ1n) is 7.24. The highest BCUT2D eigenvalue weighted by molar-refractivity contribution is 9.10. The van der Waals surface area contributed by atoms with E-state index in [1.807, 2.05) is 30.3 Å². The van der Waals surface area contributed by atoms with Crippen molar-refractivity contribution in [1.82, 2.24) is 0 Å². The predicted octanol–water partition coefficient (Wildman–Crippen LogP) is 5.42. The molecule has 0 saturated carbocycles. The molecule has 0 bridgehead atoms. The van der Waals surface area contributed by atoms with E-state index < -0.39 is 0 Å². The molecule has 0 radical (unpaired) electrons. The third-order valence-corrected chi connectivity index (χ3v) is 4.05. The molecule has 3 nitrogen and oxygen atoms in total. The zero-order chi connectivity index (χ0) is 17.0. The van der Waals surface area contributed by atoms with Crippen LogP contribution in [0.2, 0.25) is 5.02 Å². The highest BCUT2D eigenvalue weighted by Crippen LogP contribution is 2.30. The Morgan fingerprint density at radius 1 is 1.22 bits per heavy atom. The minimum Gasteiger partial charge on any atom is -0.482 e. The topological polar surface area (TPSA) is 38.3 Å². The first-order chi connectivity index (χ1) is 10.8. The van der Waals surface area contributed by atoms with Crippen LogP contribution in [0.5, 0.6) is 5.75 Å². The molecule has 1 N–H and O–H groups in total. The highest BCUT2D eigenvalue weighted by Gasteiger charge is 2.18. The van der Waals surface area contributed by atoms with Gasteiger partial charge in [0.05, 0.1) is 5.02 Å². The summed E-state index contributed by atoms with van der Waals surface area (Å²) < 4.78 is 6.35. The van der Waals surface area contributed by atoms with Crippen molar-refractivity contribution >= 4 is 39.1 Å². The largest absolute Gasteiger partial charge is 0.482 e. The van der Waals surface area contributed by atoms with E-state index in [1.54, 1.807) is 12.1 Å². The summed E-state index contributed by atoms with van der Waals surface area (Å²) in [5.74, 6) is 0.259. The second-order valence-corrected chi connectivity index (χ2v) is 7.53. The van der Waals surface area contributed by atoms with Gasteiger partial charge in [0.2, 0.25) is 0 Å². The molecule has 23 heavy (non-hydrogen) atoms. The molecule has 0 aliphatic heterocycles. The SMILES string of the molecule is CC(C)(C)c1ccccc1NC(=O)COc1ccc(Br)cc1Cl. The van der Waals surface area contributed by atoms with Gasteiger partial charge >= 0.3 is 0 Å². The van der Waals surface area contributed by atoms with E-state index in [1.165, 1.54) is 0 Å². The van der Waals surface area contributed by atoms with Gasteiger partial charge in [-0.1, -0.05) is 66.5 Å². The Morgan fingerprint density at radius 3 is 2.57 bits per heavy atom. The number of anilines is 1.